The van der Waals surface area contributed by atoms with Crippen LogP contribution in [0.25, 0.3) is 10.8 Å². The van der Waals surface area contributed by atoms with Gasteiger partial charge in [0.15, 0.2) is 0 Å². The van der Waals surface area contributed by atoms with Crippen molar-refractivity contribution in [2.45, 2.75) is 13.0 Å². The molecule has 0 saturated heterocycles. The summed E-state index contributed by atoms with van der Waals surface area (Å²) in [4.78, 5) is 11.6. The molecule has 1 heterocycles. The molecule has 1 unspecified atom stereocenters. The molecule has 1 N–H and O–H groups in total. The van der Waals surface area contributed by atoms with Crippen LogP contribution in [0.4, 0.5) is 0 Å². The minimum absolute atomic E-state index is 0.266. The molecular formula is C13H12O3. The Bertz CT molecular complexity index is 581. The van der Waals surface area contributed by atoms with E-state index in [1.54, 1.807) is 37.3 Å². The lowest BCUT2D eigenvalue weighted by atomic mass is 10.1. The fourth-order valence-corrected chi connectivity index (χ4v) is 1.58. The lowest BCUT2D eigenvalue weighted by Gasteiger charge is -2.05. The lowest BCUT2D eigenvalue weighted by molar-refractivity contribution is 0.192. The molecule has 3 heteroatoms. The van der Waals surface area contributed by atoms with Gasteiger partial charge in [0.05, 0.1) is 5.39 Å². The molecule has 1 aromatic heterocycles. The normalized spacial score (nSPS) is 13.4. The maximum atomic E-state index is 11.6. The van der Waals surface area contributed by atoms with Gasteiger partial charge in [-0.15, -0.1) is 0 Å². The van der Waals surface area contributed by atoms with Gasteiger partial charge in [-0.3, -0.25) is 0 Å². The Morgan fingerprint density at radius 1 is 1.38 bits per heavy atom. The SMILES string of the molecule is C/C=C/C(O)c1cc2ccccc2c(=O)o1. The molecule has 16 heavy (non-hydrogen) atoms. The van der Waals surface area contributed by atoms with Crippen LogP contribution in [-0.4, -0.2) is 5.11 Å². The first kappa shape index (κ1) is 10.6. The van der Waals surface area contributed by atoms with E-state index in [1.807, 2.05) is 12.1 Å². The predicted octanol–water partition coefficient (Wildman–Crippen LogP) is 2.40. The number of hydrogen-bond acceptors (Lipinski definition) is 3. The van der Waals surface area contributed by atoms with Gasteiger partial charge in [-0.2, -0.15) is 0 Å². The van der Waals surface area contributed by atoms with Gasteiger partial charge >= 0.3 is 5.63 Å². The van der Waals surface area contributed by atoms with Crippen LogP contribution in [0.5, 0.6) is 0 Å². The summed E-state index contributed by atoms with van der Waals surface area (Å²) in [6.07, 6.45) is 2.40. The van der Waals surface area contributed by atoms with Gasteiger partial charge in [0.1, 0.15) is 11.9 Å². The van der Waals surface area contributed by atoms with Crippen molar-refractivity contribution in [2.24, 2.45) is 0 Å². The molecule has 2 aromatic rings. The Morgan fingerprint density at radius 2 is 2.12 bits per heavy atom. The Morgan fingerprint density at radius 3 is 2.88 bits per heavy atom. The Balaban J connectivity index is 2.62. The number of aliphatic hydroxyl groups is 1. The fraction of sp³-hybridized carbons (Fsp3) is 0.154. The van der Waals surface area contributed by atoms with Crippen molar-refractivity contribution in [3.63, 3.8) is 0 Å². The molecule has 2 rings (SSSR count). The van der Waals surface area contributed by atoms with Gasteiger partial charge in [0.2, 0.25) is 0 Å². The number of hydrogen-bond donors (Lipinski definition) is 1. The van der Waals surface area contributed by atoms with Gasteiger partial charge in [-0.1, -0.05) is 30.4 Å². The Kier molecular flexibility index (Phi) is 2.88. The van der Waals surface area contributed by atoms with E-state index in [2.05, 4.69) is 0 Å². The number of allylic oxidation sites excluding steroid dienone is 1. The van der Waals surface area contributed by atoms with E-state index in [-0.39, 0.29) is 5.76 Å². The summed E-state index contributed by atoms with van der Waals surface area (Å²) in [5.74, 6) is 0.266. The van der Waals surface area contributed by atoms with E-state index in [1.165, 1.54) is 0 Å². The molecule has 0 fully saturated rings. The zero-order chi connectivity index (χ0) is 11.5. The van der Waals surface area contributed by atoms with Crippen LogP contribution in [0, 0.1) is 0 Å². The monoisotopic (exact) mass is 216 g/mol. The Hall–Kier alpha value is -1.87. The number of fused-ring (bicyclic) bond motifs is 1. The van der Waals surface area contributed by atoms with Crippen LogP contribution in [-0.2, 0) is 0 Å². The zero-order valence-corrected chi connectivity index (χ0v) is 8.88. The molecule has 0 aliphatic rings. The molecule has 0 spiro atoms. The molecule has 0 saturated carbocycles. The summed E-state index contributed by atoms with van der Waals surface area (Å²) in [5.41, 5.74) is -0.420. The van der Waals surface area contributed by atoms with Crippen LogP contribution in [0.3, 0.4) is 0 Å². The van der Waals surface area contributed by atoms with Gasteiger partial charge in [-0.05, 0) is 24.4 Å². The summed E-state index contributed by atoms with van der Waals surface area (Å²) in [6.45, 7) is 1.79. The van der Waals surface area contributed by atoms with Crippen molar-refractivity contribution < 1.29 is 9.52 Å². The summed E-state index contributed by atoms with van der Waals surface area (Å²) in [6, 6.07) is 8.82. The highest BCUT2D eigenvalue weighted by molar-refractivity contribution is 5.81. The van der Waals surface area contributed by atoms with Crippen molar-refractivity contribution >= 4 is 10.8 Å². The summed E-state index contributed by atoms with van der Waals surface area (Å²) in [7, 11) is 0. The number of aliphatic hydroxyl groups excluding tert-OH is 1. The number of benzene rings is 1. The van der Waals surface area contributed by atoms with E-state index in [9.17, 15) is 9.90 Å². The first-order valence-electron chi connectivity index (χ1n) is 5.06. The molecule has 82 valence electrons. The highest BCUT2D eigenvalue weighted by Gasteiger charge is 2.09. The van der Waals surface area contributed by atoms with Crippen LogP contribution >= 0.6 is 0 Å². The summed E-state index contributed by atoms with van der Waals surface area (Å²) >= 11 is 0. The van der Waals surface area contributed by atoms with E-state index < -0.39 is 11.7 Å². The zero-order valence-electron chi connectivity index (χ0n) is 8.88. The van der Waals surface area contributed by atoms with Gasteiger partial charge in [0, 0.05) is 0 Å². The van der Waals surface area contributed by atoms with Crippen molar-refractivity contribution in [2.75, 3.05) is 0 Å². The van der Waals surface area contributed by atoms with Crippen LogP contribution in [0.1, 0.15) is 18.8 Å². The second-order valence-electron chi connectivity index (χ2n) is 3.49. The smallest absolute Gasteiger partial charge is 0.343 e. The highest BCUT2D eigenvalue weighted by Crippen LogP contribution is 2.17. The standard InChI is InChI=1S/C13H12O3/c1-2-5-11(14)12-8-9-6-3-4-7-10(9)13(15)16-12/h2-8,11,14H,1H3/b5-2+. The van der Waals surface area contributed by atoms with Crippen molar-refractivity contribution in [1.82, 2.24) is 0 Å². The lowest BCUT2D eigenvalue weighted by Crippen LogP contribution is -2.04. The van der Waals surface area contributed by atoms with Crippen LogP contribution in [0.2, 0.25) is 0 Å². The van der Waals surface area contributed by atoms with Gasteiger partial charge in [-0.25, -0.2) is 4.79 Å². The molecule has 0 bridgehead atoms. The van der Waals surface area contributed by atoms with Crippen LogP contribution < -0.4 is 5.63 Å². The quantitative estimate of drug-likeness (QED) is 0.784. The van der Waals surface area contributed by atoms with Crippen molar-refractivity contribution in [3.8, 4) is 0 Å². The molecule has 0 aliphatic carbocycles. The summed E-state index contributed by atoms with van der Waals surface area (Å²) in [5, 5.41) is 11.0. The fourth-order valence-electron chi connectivity index (χ4n) is 1.58. The molecular weight excluding hydrogens is 204 g/mol. The Labute approximate surface area is 92.6 Å². The first-order chi connectivity index (χ1) is 7.72. The van der Waals surface area contributed by atoms with Crippen LogP contribution in [0.15, 0.2) is 51.7 Å². The maximum absolute atomic E-state index is 11.6. The van der Waals surface area contributed by atoms with E-state index >= 15 is 0 Å². The summed E-state index contributed by atoms with van der Waals surface area (Å²) < 4.78 is 5.05. The maximum Gasteiger partial charge on any atom is 0.343 e. The highest BCUT2D eigenvalue weighted by atomic mass is 16.4. The minimum Gasteiger partial charge on any atom is -0.424 e. The molecule has 1 atom stereocenters. The molecule has 0 amide bonds. The average Bonchev–Trinajstić information content (AvgIpc) is 2.29. The van der Waals surface area contributed by atoms with Gasteiger partial charge < -0.3 is 9.52 Å². The largest absolute Gasteiger partial charge is 0.424 e. The molecule has 3 nitrogen and oxygen atoms in total. The topological polar surface area (TPSA) is 50.4 Å². The molecule has 0 radical (unpaired) electrons. The van der Waals surface area contributed by atoms with E-state index in [0.717, 1.165) is 5.39 Å². The minimum atomic E-state index is -0.873. The number of rotatable bonds is 2. The van der Waals surface area contributed by atoms with Crippen molar-refractivity contribution in [1.29, 1.82) is 0 Å². The second kappa shape index (κ2) is 4.33. The van der Waals surface area contributed by atoms with Crippen molar-refractivity contribution in [3.05, 3.63) is 58.7 Å². The first-order valence-corrected chi connectivity index (χ1v) is 5.06. The van der Waals surface area contributed by atoms with E-state index in [4.69, 9.17) is 4.42 Å². The third-order valence-corrected chi connectivity index (χ3v) is 2.36. The average molecular weight is 216 g/mol. The van der Waals surface area contributed by atoms with Gasteiger partial charge in [0.25, 0.3) is 0 Å². The third kappa shape index (κ3) is 1.90. The predicted molar refractivity (Wildman–Crippen MR) is 62.3 cm³/mol. The third-order valence-electron chi connectivity index (χ3n) is 2.36. The molecule has 0 aliphatic heterocycles. The molecule has 1 aromatic carbocycles. The second-order valence-corrected chi connectivity index (χ2v) is 3.49. The van der Waals surface area contributed by atoms with E-state index in [0.29, 0.717) is 5.39 Å².